The van der Waals surface area contributed by atoms with Crippen LogP contribution in [-0.2, 0) is 4.79 Å². The molecule has 0 bridgehead atoms. The van der Waals surface area contributed by atoms with E-state index in [2.05, 4.69) is 26.4 Å². The van der Waals surface area contributed by atoms with Crippen molar-refractivity contribution < 1.29 is 9.59 Å². The molecule has 1 atom stereocenters. The molecule has 35 heavy (non-hydrogen) atoms. The maximum atomic E-state index is 12.9. The molecular weight excluding hydrogens is 466 g/mol. The van der Waals surface area contributed by atoms with Crippen molar-refractivity contribution in [2.75, 3.05) is 39.0 Å². The number of aromatic nitrogens is 4. The van der Waals surface area contributed by atoms with Crippen LogP contribution in [0.3, 0.4) is 0 Å². The molecule has 2 N–H and O–H groups in total. The number of hydrogen-bond acceptors (Lipinski definition) is 5. The molecule has 1 saturated heterocycles. The predicted molar refractivity (Wildman–Crippen MR) is 136 cm³/mol. The van der Waals surface area contributed by atoms with Crippen molar-refractivity contribution in [1.29, 1.82) is 0 Å². The Morgan fingerprint density at radius 1 is 1.37 bits per heavy atom. The van der Waals surface area contributed by atoms with Crippen LogP contribution in [-0.4, -0.2) is 75.1 Å². The number of halogens is 1. The maximum absolute atomic E-state index is 12.9. The standard InChI is InChI=1S/C25H28ClN7O2/c1-4-17-15-21(30-29-17)24(35)28-25-27-20-11-7-10-19(26)23(20)33(25)18-9-5-6-14-32(16-18)22(34)12-8-13-31(2)3/h1,7-8,10-12,15,18H,5-6,9,13-14,16H2,2-3H3,(H,29,30)(H,27,28,35)/b12-8+/t18-/m1/s1. The van der Waals surface area contributed by atoms with Crippen molar-refractivity contribution >= 4 is 40.4 Å². The first-order chi connectivity index (χ1) is 16.9. The van der Waals surface area contributed by atoms with Gasteiger partial charge in [-0.1, -0.05) is 29.7 Å². The number of para-hydroxylation sites is 1. The van der Waals surface area contributed by atoms with Gasteiger partial charge in [-0.15, -0.1) is 6.42 Å². The number of terminal acetylenes is 1. The quantitative estimate of drug-likeness (QED) is 0.405. The van der Waals surface area contributed by atoms with Crippen molar-refractivity contribution in [3.63, 3.8) is 0 Å². The lowest BCUT2D eigenvalue weighted by atomic mass is 10.1. The van der Waals surface area contributed by atoms with Crippen LogP contribution < -0.4 is 5.32 Å². The molecule has 0 unspecified atom stereocenters. The van der Waals surface area contributed by atoms with E-state index in [0.29, 0.717) is 41.8 Å². The molecule has 0 radical (unpaired) electrons. The number of aromatic amines is 1. The normalized spacial score (nSPS) is 16.5. The van der Waals surface area contributed by atoms with E-state index >= 15 is 0 Å². The lowest BCUT2D eigenvalue weighted by Crippen LogP contribution is -2.34. The fourth-order valence-electron chi connectivity index (χ4n) is 4.23. The van der Waals surface area contributed by atoms with E-state index in [4.69, 9.17) is 18.0 Å². The van der Waals surface area contributed by atoms with Crippen LogP contribution in [0.15, 0.2) is 36.4 Å². The highest BCUT2D eigenvalue weighted by molar-refractivity contribution is 6.35. The summed E-state index contributed by atoms with van der Waals surface area (Å²) in [5.74, 6) is 2.30. The average molecular weight is 494 g/mol. The lowest BCUT2D eigenvalue weighted by molar-refractivity contribution is -0.126. The van der Waals surface area contributed by atoms with Crippen molar-refractivity contribution in [3.05, 3.63) is 52.8 Å². The van der Waals surface area contributed by atoms with Crippen molar-refractivity contribution in [1.82, 2.24) is 29.5 Å². The first-order valence-electron chi connectivity index (χ1n) is 11.5. The second-order valence-electron chi connectivity index (χ2n) is 8.78. The Balaban J connectivity index is 1.67. The fraction of sp³-hybridized carbons (Fsp3) is 0.360. The minimum Gasteiger partial charge on any atom is -0.337 e. The number of rotatable bonds is 6. The summed E-state index contributed by atoms with van der Waals surface area (Å²) >= 11 is 6.60. The minimum atomic E-state index is -0.441. The van der Waals surface area contributed by atoms with Crippen LogP contribution in [0.5, 0.6) is 0 Å². The number of imidazole rings is 1. The van der Waals surface area contributed by atoms with Gasteiger partial charge >= 0.3 is 0 Å². The van der Waals surface area contributed by atoms with Crippen LogP contribution in [0.1, 0.15) is 41.5 Å². The number of anilines is 1. The van der Waals surface area contributed by atoms with Gasteiger partial charge in [0.05, 0.1) is 22.1 Å². The number of hydrogen-bond donors (Lipinski definition) is 2. The van der Waals surface area contributed by atoms with Crippen LogP contribution >= 0.6 is 11.6 Å². The first-order valence-corrected chi connectivity index (χ1v) is 11.8. The third-order valence-electron chi connectivity index (χ3n) is 5.91. The SMILES string of the molecule is C#Cc1cc(C(=O)Nc2nc3cccc(Cl)c3n2[C@@H]2CCCCN(C(=O)/C=C/CN(C)C)C2)n[nH]1. The highest BCUT2D eigenvalue weighted by Crippen LogP contribution is 2.34. The number of likely N-dealkylation sites (tertiary alicyclic amines) is 1. The summed E-state index contributed by atoms with van der Waals surface area (Å²) in [6, 6.07) is 6.84. The number of fused-ring (bicyclic) bond motifs is 1. The first kappa shape index (κ1) is 24.5. The molecule has 3 aromatic rings. The number of nitrogens with one attached hydrogen (secondary N) is 2. The van der Waals surface area contributed by atoms with Gasteiger partial charge in [-0.3, -0.25) is 20.0 Å². The van der Waals surface area contributed by atoms with Crippen molar-refractivity contribution in [2.24, 2.45) is 0 Å². The summed E-state index contributed by atoms with van der Waals surface area (Å²) < 4.78 is 1.94. The summed E-state index contributed by atoms with van der Waals surface area (Å²) in [4.78, 5) is 34.4. The number of carbonyl (C=O) groups excluding carboxylic acids is 2. The number of nitrogens with zero attached hydrogens (tertiary/aromatic N) is 5. The lowest BCUT2D eigenvalue weighted by Gasteiger charge is -2.26. The van der Waals surface area contributed by atoms with Gasteiger partial charge in [0.15, 0.2) is 5.69 Å². The molecule has 10 heteroatoms. The van der Waals surface area contributed by atoms with Crippen molar-refractivity contribution in [3.8, 4) is 12.3 Å². The monoisotopic (exact) mass is 493 g/mol. The number of benzene rings is 1. The topological polar surface area (TPSA) is 99.2 Å². The van der Waals surface area contributed by atoms with E-state index in [1.54, 1.807) is 12.1 Å². The zero-order valence-corrected chi connectivity index (χ0v) is 20.5. The molecule has 1 aromatic carbocycles. The van der Waals surface area contributed by atoms with Gasteiger partial charge in [-0.25, -0.2) is 4.98 Å². The zero-order valence-electron chi connectivity index (χ0n) is 19.8. The molecular formula is C25H28ClN7O2. The number of amides is 2. The molecule has 4 rings (SSSR count). The molecule has 0 saturated carbocycles. The number of H-pyrrole nitrogens is 1. The molecule has 0 aliphatic carbocycles. The Kier molecular flexibility index (Phi) is 7.54. The second-order valence-corrected chi connectivity index (χ2v) is 9.18. The third kappa shape index (κ3) is 5.56. The van der Waals surface area contributed by atoms with Gasteiger partial charge in [0.1, 0.15) is 5.69 Å². The molecule has 182 valence electrons. The summed E-state index contributed by atoms with van der Waals surface area (Å²) in [6.07, 6.45) is 11.5. The van der Waals surface area contributed by atoms with E-state index in [1.807, 2.05) is 46.7 Å². The van der Waals surface area contributed by atoms with Crippen LogP contribution in [0.2, 0.25) is 5.02 Å². The smallest absolute Gasteiger partial charge is 0.278 e. The molecule has 3 heterocycles. The zero-order chi connectivity index (χ0) is 24.9. The highest BCUT2D eigenvalue weighted by atomic mass is 35.5. The molecule has 0 spiro atoms. The van der Waals surface area contributed by atoms with E-state index in [0.717, 1.165) is 24.8 Å². The number of likely N-dealkylation sites (N-methyl/N-ethyl adjacent to an activating group) is 1. The summed E-state index contributed by atoms with van der Waals surface area (Å²) in [5.41, 5.74) is 1.95. The Bertz CT molecular complexity index is 1300. The minimum absolute atomic E-state index is 0.0295. The molecule has 1 fully saturated rings. The van der Waals surface area contributed by atoms with Gasteiger partial charge < -0.3 is 14.4 Å². The summed E-state index contributed by atoms with van der Waals surface area (Å²) in [6.45, 7) is 1.84. The molecule has 9 nitrogen and oxygen atoms in total. The van der Waals surface area contributed by atoms with Gasteiger partial charge in [0.25, 0.3) is 5.91 Å². The largest absolute Gasteiger partial charge is 0.337 e. The van der Waals surface area contributed by atoms with E-state index in [9.17, 15) is 9.59 Å². The van der Waals surface area contributed by atoms with Crippen molar-refractivity contribution in [2.45, 2.75) is 25.3 Å². The number of carbonyl (C=O) groups is 2. The predicted octanol–water partition coefficient (Wildman–Crippen LogP) is 3.32. The Morgan fingerprint density at radius 2 is 2.20 bits per heavy atom. The average Bonchev–Trinajstić information content (AvgIpc) is 3.37. The summed E-state index contributed by atoms with van der Waals surface area (Å²) in [5, 5.41) is 10.0. The van der Waals surface area contributed by atoms with Gasteiger partial charge in [-0.05, 0) is 45.5 Å². The van der Waals surface area contributed by atoms with Gasteiger partial charge in [-0.2, -0.15) is 5.10 Å². The molecule has 2 aromatic heterocycles. The Morgan fingerprint density at radius 3 is 2.94 bits per heavy atom. The molecule has 1 aliphatic rings. The van der Waals surface area contributed by atoms with Crippen LogP contribution in [0, 0.1) is 12.3 Å². The van der Waals surface area contributed by atoms with Crippen LogP contribution in [0.4, 0.5) is 5.95 Å². The van der Waals surface area contributed by atoms with Crippen LogP contribution in [0.25, 0.3) is 11.0 Å². The Labute approximate surface area is 209 Å². The molecule has 1 aliphatic heterocycles. The maximum Gasteiger partial charge on any atom is 0.278 e. The fourth-order valence-corrected chi connectivity index (χ4v) is 4.49. The van der Waals surface area contributed by atoms with E-state index in [1.165, 1.54) is 6.07 Å². The third-order valence-corrected chi connectivity index (χ3v) is 6.21. The second kappa shape index (κ2) is 10.8. The van der Waals surface area contributed by atoms with Gasteiger partial charge in [0, 0.05) is 31.8 Å². The van der Waals surface area contributed by atoms with Gasteiger partial charge in [0.2, 0.25) is 11.9 Å². The molecule has 2 amide bonds. The summed E-state index contributed by atoms with van der Waals surface area (Å²) in [7, 11) is 3.91. The van der Waals surface area contributed by atoms with E-state index < -0.39 is 5.91 Å². The Hall–Kier alpha value is -3.61. The highest BCUT2D eigenvalue weighted by Gasteiger charge is 2.27. The van der Waals surface area contributed by atoms with E-state index in [-0.39, 0.29) is 17.6 Å².